The largest absolute Gasteiger partial charge is 0.508 e. The number of fused-ring (bicyclic) bond motifs is 1. The van der Waals surface area contributed by atoms with Gasteiger partial charge in [0.2, 0.25) is 5.91 Å². The third-order valence-electron chi connectivity index (χ3n) is 5.15. The van der Waals surface area contributed by atoms with Crippen LogP contribution in [0.4, 0.5) is 4.79 Å². The van der Waals surface area contributed by atoms with Crippen molar-refractivity contribution >= 4 is 41.6 Å². The highest BCUT2D eigenvalue weighted by Gasteiger charge is 2.54. The van der Waals surface area contributed by atoms with Crippen molar-refractivity contribution in [3.63, 3.8) is 0 Å². The molecule has 2 unspecified atom stereocenters. The van der Waals surface area contributed by atoms with Crippen molar-refractivity contribution in [2.45, 2.75) is 50.8 Å². The number of aromatic hydroxyl groups is 1. The number of benzene rings is 1. The van der Waals surface area contributed by atoms with Crippen molar-refractivity contribution in [2.24, 2.45) is 0 Å². The molecule has 13 heteroatoms. The minimum absolute atomic E-state index is 0.0452. The number of carbonyl (C=O) groups is 5. The first-order valence-electron chi connectivity index (χ1n) is 10.9. The van der Waals surface area contributed by atoms with Crippen molar-refractivity contribution in [1.82, 2.24) is 15.5 Å². The maximum Gasteiger partial charge on any atom is 0.408 e. The van der Waals surface area contributed by atoms with E-state index < -0.39 is 52.9 Å². The van der Waals surface area contributed by atoms with Crippen molar-refractivity contribution in [3.05, 3.63) is 41.1 Å². The number of ether oxygens (including phenoxy) is 2. The molecule has 12 nitrogen and oxygen atoms in total. The van der Waals surface area contributed by atoms with E-state index in [4.69, 9.17) is 9.47 Å². The van der Waals surface area contributed by atoms with Crippen molar-refractivity contribution in [1.29, 1.82) is 0 Å². The maximum absolute atomic E-state index is 13.2. The first kappa shape index (κ1) is 26.9. The van der Waals surface area contributed by atoms with Crippen LogP contribution in [0.2, 0.25) is 0 Å². The van der Waals surface area contributed by atoms with Gasteiger partial charge in [-0.1, -0.05) is 12.1 Å². The first-order valence-corrected chi connectivity index (χ1v) is 12.0. The molecule has 0 spiro atoms. The van der Waals surface area contributed by atoms with E-state index in [1.165, 1.54) is 43.0 Å². The molecule has 1 saturated heterocycles. The van der Waals surface area contributed by atoms with E-state index in [0.717, 1.165) is 4.90 Å². The van der Waals surface area contributed by atoms with Gasteiger partial charge < -0.3 is 30.3 Å². The molecule has 2 aliphatic rings. The van der Waals surface area contributed by atoms with Crippen LogP contribution in [0.5, 0.6) is 5.75 Å². The lowest BCUT2D eigenvalue weighted by molar-refractivity contribution is -0.151. The van der Waals surface area contributed by atoms with Crippen LogP contribution in [0.3, 0.4) is 0 Å². The molecule has 1 fully saturated rings. The zero-order valence-corrected chi connectivity index (χ0v) is 20.9. The van der Waals surface area contributed by atoms with Gasteiger partial charge in [-0.05, 0) is 38.5 Å². The summed E-state index contributed by atoms with van der Waals surface area (Å²) in [7, 11) is 0. The molecular formula is C23H27N3O9S. The predicted octanol–water partition coefficient (Wildman–Crippen LogP) is 1.26. The molecule has 194 valence electrons. The van der Waals surface area contributed by atoms with Gasteiger partial charge in [0.05, 0.1) is 0 Å². The van der Waals surface area contributed by atoms with Crippen LogP contribution >= 0.6 is 11.8 Å². The SMILES string of the molecule is CC(=O)OCC1=C(C(=O)O)N2C(=O)C(NC(=O)C(NC(=O)OC(C)(C)C)c3ccc(O)cc3)[C@@H]2SC1. The van der Waals surface area contributed by atoms with Gasteiger partial charge in [-0.25, -0.2) is 9.59 Å². The van der Waals surface area contributed by atoms with Crippen molar-refractivity contribution < 1.29 is 43.7 Å². The Kier molecular flexibility index (Phi) is 7.82. The quantitative estimate of drug-likeness (QED) is 0.302. The van der Waals surface area contributed by atoms with E-state index >= 15 is 0 Å². The number of nitrogens with zero attached hydrogens (tertiary/aromatic N) is 1. The van der Waals surface area contributed by atoms with Gasteiger partial charge in [0, 0.05) is 18.2 Å². The number of phenolic OH excluding ortho intramolecular Hbond substituents is 1. The Morgan fingerprint density at radius 2 is 1.83 bits per heavy atom. The monoisotopic (exact) mass is 521 g/mol. The fourth-order valence-electron chi connectivity index (χ4n) is 3.61. The maximum atomic E-state index is 13.2. The third kappa shape index (κ3) is 6.08. The molecular weight excluding hydrogens is 494 g/mol. The molecule has 2 aliphatic heterocycles. The number of rotatable bonds is 7. The second kappa shape index (κ2) is 10.5. The molecule has 1 aromatic carbocycles. The predicted molar refractivity (Wildman–Crippen MR) is 127 cm³/mol. The van der Waals surface area contributed by atoms with Gasteiger partial charge in [0.25, 0.3) is 5.91 Å². The van der Waals surface area contributed by atoms with Crippen molar-refractivity contribution in [2.75, 3.05) is 12.4 Å². The molecule has 3 atom stereocenters. The van der Waals surface area contributed by atoms with Crippen LogP contribution < -0.4 is 10.6 Å². The van der Waals surface area contributed by atoms with E-state index in [1.54, 1.807) is 20.8 Å². The summed E-state index contributed by atoms with van der Waals surface area (Å²) in [5.74, 6) is -3.19. The van der Waals surface area contributed by atoms with Gasteiger partial charge in [0.15, 0.2) is 0 Å². The molecule has 36 heavy (non-hydrogen) atoms. The van der Waals surface area contributed by atoms with E-state index in [2.05, 4.69) is 10.6 Å². The summed E-state index contributed by atoms with van der Waals surface area (Å²) in [5, 5.41) is 23.6. The van der Waals surface area contributed by atoms with Crippen LogP contribution in [-0.4, -0.2) is 74.3 Å². The Bertz CT molecular complexity index is 1110. The molecule has 4 N–H and O–H groups in total. The number of phenols is 1. The second-order valence-corrected chi connectivity index (χ2v) is 10.2. The molecule has 0 aromatic heterocycles. The Morgan fingerprint density at radius 1 is 1.19 bits per heavy atom. The molecule has 0 aliphatic carbocycles. The highest BCUT2D eigenvalue weighted by Crippen LogP contribution is 2.40. The molecule has 0 saturated carbocycles. The van der Waals surface area contributed by atoms with Crippen LogP contribution in [0.1, 0.15) is 39.3 Å². The topological polar surface area (TPSA) is 172 Å². The first-order chi connectivity index (χ1) is 16.8. The number of amides is 3. The average Bonchev–Trinajstić information content (AvgIpc) is 2.78. The van der Waals surface area contributed by atoms with E-state index in [0.29, 0.717) is 5.56 Å². The van der Waals surface area contributed by atoms with Gasteiger partial charge in [-0.3, -0.25) is 19.3 Å². The van der Waals surface area contributed by atoms with Gasteiger partial charge in [-0.2, -0.15) is 0 Å². The summed E-state index contributed by atoms with van der Waals surface area (Å²) in [4.78, 5) is 62.5. The van der Waals surface area contributed by atoms with Crippen LogP contribution in [0.25, 0.3) is 0 Å². The summed E-state index contributed by atoms with van der Waals surface area (Å²) in [6, 6.07) is 3.25. The highest BCUT2D eigenvalue weighted by atomic mass is 32.2. The lowest BCUT2D eigenvalue weighted by Gasteiger charge is -2.49. The Labute approximate surface area is 211 Å². The van der Waals surface area contributed by atoms with Crippen molar-refractivity contribution in [3.8, 4) is 5.75 Å². The number of carbonyl (C=O) groups excluding carboxylic acids is 4. The molecule has 3 rings (SSSR count). The average molecular weight is 522 g/mol. The summed E-state index contributed by atoms with van der Waals surface area (Å²) in [6.07, 6.45) is -0.865. The second-order valence-electron chi connectivity index (χ2n) is 9.10. The van der Waals surface area contributed by atoms with E-state index in [1.807, 2.05) is 0 Å². The number of carboxylic acids is 1. The molecule has 1 aromatic rings. The normalized spacial score (nSPS) is 20.0. The summed E-state index contributed by atoms with van der Waals surface area (Å²) in [5.41, 5.74) is -0.513. The molecule has 0 radical (unpaired) electrons. The zero-order chi connectivity index (χ0) is 26.8. The van der Waals surface area contributed by atoms with Gasteiger partial charge >= 0.3 is 18.0 Å². The number of nitrogens with one attached hydrogen (secondary N) is 2. The highest BCUT2D eigenvalue weighted by molar-refractivity contribution is 8.00. The Hall–Kier alpha value is -3.74. The van der Waals surface area contributed by atoms with E-state index in [-0.39, 0.29) is 29.4 Å². The number of hydrogen-bond donors (Lipinski definition) is 4. The molecule has 2 heterocycles. The fourth-order valence-corrected chi connectivity index (χ4v) is 4.94. The minimum Gasteiger partial charge on any atom is -0.508 e. The standard InChI is InChI=1S/C23H27N3O9S/c1-11(27)34-9-13-10-36-20-16(19(30)26(20)17(13)21(31)32)24-18(29)15(12-5-7-14(28)8-6-12)25-22(33)35-23(2,3)4/h5-8,15-16,20,28H,9-10H2,1-4H3,(H,24,29)(H,25,33)(H,31,32)/t15?,16?,20-/m0/s1. The third-order valence-corrected chi connectivity index (χ3v) is 6.49. The van der Waals surface area contributed by atoms with Gasteiger partial charge in [-0.15, -0.1) is 11.8 Å². The Morgan fingerprint density at radius 3 is 2.39 bits per heavy atom. The summed E-state index contributed by atoms with van der Waals surface area (Å²) >= 11 is 1.21. The number of aliphatic carboxylic acids is 1. The summed E-state index contributed by atoms with van der Waals surface area (Å²) < 4.78 is 10.1. The number of β-lactam (4-membered cyclic amide) rings is 1. The minimum atomic E-state index is -1.35. The number of thioether (sulfide) groups is 1. The van der Waals surface area contributed by atoms with Crippen LogP contribution in [-0.2, 0) is 28.7 Å². The molecule has 0 bridgehead atoms. The summed E-state index contributed by atoms with van der Waals surface area (Å²) in [6.45, 7) is 5.91. The smallest absolute Gasteiger partial charge is 0.408 e. The van der Waals surface area contributed by atoms with E-state index in [9.17, 15) is 34.2 Å². The fraction of sp³-hybridized carbons (Fsp3) is 0.435. The Balaban J connectivity index is 1.79. The lowest BCUT2D eigenvalue weighted by atomic mass is 10.0. The van der Waals surface area contributed by atoms with Gasteiger partial charge in [0.1, 0.15) is 41.1 Å². The van der Waals surface area contributed by atoms with Crippen LogP contribution in [0.15, 0.2) is 35.5 Å². The van der Waals surface area contributed by atoms with Crippen LogP contribution in [0, 0.1) is 0 Å². The molecule has 3 amide bonds. The number of alkyl carbamates (subject to hydrolysis) is 1. The number of hydrogen-bond acceptors (Lipinski definition) is 9. The number of esters is 1. The number of carboxylic acid groups (broad SMARTS) is 1. The lowest BCUT2D eigenvalue weighted by Crippen LogP contribution is -2.71. The zero-order valence-electron chi connectivity index (χ0n) is 20.1.